The second kappa shape index (κ2) is 12.4. The van der Waals surface area contributed by atoms with E-state index in [9.17, 15) is 0 Å². The molecule has 0 saturated carbocycles. The summed E-state index contributed by atoms with van der Waals surface area (Å²) < 4.78 is 19.5. The van der Waals surface area contributed by atoms with Crippen LogP contribution in [0.15, 0.2) is 29.4 Å². The summed E-state index contributed by atoms with van der Waals surface area (Å²) in [6.07, 6.45) is 6.51. The van der Waals surface area contributed by atoms with Crippen LogP contribution in [0.5, 0.6) is 11.5 Å². The summed E-state index contributed by atoms with van der Waals surface area (Å²) >= 11 is 0. The van der Waals surface area contributed by atoms with E-state index in [-0.39, 0.29) is 6.10 Å². The Morgan fingerprint density at radius 1 is 1.00 bits per heavy atom. The van der Waals surface area contributed by atoms with E-state index in [1.54, 1.807) is 7.11 Å². The average molecular weight is 492 g/mol. The Kier molecular flexibility index (Phi) is 11.1. The minimum absolute atomic E-state index is 0.169. The predicted molar refractivity (Wildman–Crippen MR) is 149 cm³/mol. The zero-order chi connectivity index (χ0) is 25.6. The van der Waals surface area contributed by atoms with E-state index in [2.05, 4.69) is 104 Å². The number of aryl methyl sites for hydroxylation is 1. The normalized spacial score (nSPS) is 13.8. The van der Waals surface area contributed by atoms with Crippen LogP contribution in [0.3, 0.4) is 0 Å². The Balaban J connectivity index is 3.76. The first-order chi connectivity index (χ1) is 15.0. The highest BCUT2D eigenvalue weighted by atomic mass is 28.4. The molecule has 0 radical (unpaired) electrons. The van der Waals surface area contributed by atoms with E-state index in [4.69, 9.17) is 13.6 Å². The summed E-state index contributed by atoms with van der Waals surface area (Å²) in [6.45, 7) is 22.8. The van der Waals surface area contributed by atoms with Crippen molar-refractivity contribution in [2.24, 2.45) is 0 Å². The standard InChI is InChI=1S/C27H49NO3Si2/c1-20(2)15-14-16-21(3)17-24(30-32(8,9)10)25-23(19-28(5)6)18-22(4)26(27(25)29-7)31-33(11,12)13/h15,17-18,24H,14,16,19H2,1-13H3/b21-17+. The molecule has 0 amide bonds. The number of allylic oxidation sites excluding steroid dienone is 3. The van der Waals surface area contributed by atoms with Crippen molar-refractivity contribution in [2.45, 2.75) is 92.5 Å². The number of hydrogen-bond acceptors (Lipinski definition) is 4. The lowest BCUT2D eigenvalue weighted by atomic mass is 9.95. The second-order valence-corrected chi connectivity index (χ2v) is 20.5. The number of benzene rings is 1. The van der Waals surface area contributed by atoms with Gasteiger partial charge in [-0.05, 0) is 105 Å². The lowest BCUT2D eigenvalue weighted by molar-refractivity contribution is 0.235. The molecule has 4 nitrogen and oxygen atoms in total. The second-order valence-electron chi connectivity index (χ2n) is 11.6. The summed E-state index contributed by atoms with van der Waals surface area (Å²) in [5, 5.41) is 0. The Morgan fingerprint density at radius 2 is 1.61 bits per heavy atom. The number of rotatable bonds is 12. The van der Waals surface area contributed by atoms with Gasteiger partial charge >= 0.3 is 0 Å². The topological polar surface area (TPSA) is 30.9 Å². The van der Waals surface area contributed by atoms with Gasteiger partial charge in [0.2, 0.25) is 8.32 Å². The first-order valence-electron chi connectivity index (χ1n) is 12.1. The average Bonchev–Trinajstić information content (AvgIpc) is 2.60. The smallest absolute Gasteiger partial charge is 0.242 e. The van der Waals surface area contributed by atoms with Crippen LogP contribution in [-0.2, 0) is 11.0 Å². The largest absolute Gasteiger partial charge is 0.542 e. The van der Waals surface area contributed by atoms with Crippen molar-refractivity contribution in [1.29, 1.82) is 0 Å². The maximum atomic E-state index is 6.82. The van der Waals surface area contributed by atoms with Gasteiger partial charge in [-0.25, -0.2) is 0 Å². The van der Waals surface area contributed by atoms with Crippen LogP contribution in [0.25, 0.3) is 0 Å². The van der Waals surface area contributed by atoms with Crippen molar-refractivity contribution in [3.63, 3.8) is 0 Å². The first-order valence-corrected chi connectivity index (χ1v) is 18.9. The molecule has 1 unspecified atom stereocenters. The predicted octanol–water partition coefficient (Wildman–Crippen LogP) is 7.86. The van der Waals surface area contributed by atoms with E-state index in [1.165, 1.54) is 16.7 Å². The van der Waals surface area contributed by atoms with Gasteiger partial charge in [-0.1, -0.05) is 29.4 Å². The van der Waals surface area contributed by atoms with Crippen LogP contribution in [-0.4, -0.2) is 42.7 Å². The van der Waals surface area contributed by atoms with Gasteiger partial charge in [-0.2, -0.15) is 0 Å². The van der Waals surface area contributed by atoms with Crippen LogP contribution in [0.4, 0.5) is 0 Å². The number of nitrogens with zero attached hydrogens (tertiary/aromatic N) is 1. The van der Waals surface area contributed by atoms with Gasteiger partial charge < -0.3 is 18.5 Å². The van der Waals surface area contributed by atoms with Gasteiger partial charge in [0, 0.05) is 12.1 Å². The molecule has 0 heterocycles. The highest BCUT2D eigenvalue weighted by Gasteiger charge is 2.30. The molecule has 1 aromatic rings. The maximum Gasteiger partial charge on any atom is 0.242 e. The third-order valence-corrected chi connectivity index (χ3v) is 6.71. The monoisotopic (exact) mass is 491 g/mol. The SMILES string of the molecule is COc1c(O[Si](C)(C)C)c(C)cc(CN(C)C)c1C(/C=C(\C)CCC=C(C)C)O[Si](C)(C)C. The molecule has 0 aliphatic carbocycles. The molecule has 33 heavy (non-hydrogen) atoms. The number of methoxy groups -OCH3 is 1. The first kappa shape index (κ1) is 29.7. The van der Waals surface area contributed by atoms with E-state index in [1.807, 2.05) is 0 Å². The summed E-state index contributed by atoms with van der Waals surface area (Å²) in [5.74, 6) is 1.69. The van der Waals surface area contributed by atoms with Crippen LogP contribution in [0.1, 0.15) is 56.4 Å². The van der Waals surface area contributed by atoms with Gasteiger partial charge in [0.05, 0.1) is 13.2 Å². The molecule has 0 aromatic heterocycles. The molecule has 0 saturated heterocycles. The molecule has 0 spiro atoms. The van der Waals surface area contributed by atoms with Crippen LogP contribution in [0.2, 0.25) is 39.3 Å². The Labute approximate surface area is 206 Å². The molecule has 188 valence electrons. The quantitative estimate of drug-likeness (QED) is 0.220. The van der Waals surface area contributed by atoms with E-state index in [0.29, 0.717) is 0 Å². The van der Waals surface area contributed by atoms with Crippen LogP contribution >= 0.6 is 0 Å². The molecule has 0 bridgehead atoms. The highest BCUT2D eigenvalue weighted by Crippen LogP contribution is 2.44. The number of ether oxygens (including phenoxy) is 1. The van der Waals surface area contributed by atoms with Gasteiger partial charge in [-0.15, -0.1) is 0 Å². The molecule has 0 N–H and O–H groups in total. The molecular weight excluding hydrogens is 442 g/mol. The molecule has 1 atom stereocenters. The molecule has 0 aliphatic rings. The highest BCUT2D eigenvalue weighted by molar-refractivity contribution is 6.70. The third kappa shape index (κ3) is 10.6. The maximum absolute atomic E-state index is 6.82. The van der Waals surface area contributed by atoms with Crippen molar-refractivity contribution >= 4 is 16.6 Å². The van der Waals surface area contributed by atoms with Gasteiger partial charge in [0.15, 0.2) is 14.1 Å². The zero-order valence-corrected chi connectivity index (χ0v) is 25.6. The van der Waals surface area contributed by atoms with Crippen molar-refractivity contribution in [2.75, 3.05) is 21.2 Å². The van der Waals surface area contributed by atoms with Crippen molar-refractivity contribution in [3.05, 3.63) is 46.1 Å². The lowest BCUT2D eigenvalue weighted by Crippen LogP contribution is -2.31. The molecule has 0 fully saturated rings. The fourth-order valence-electron chi connectivity index (χ4n) is 3.76. The zero-order valence-electron chi connectivity index (χ0n) is 23.6. The van der Waals surface area contributed by atoms with Crippen LogP contribution < -0.4 is 9.16 Å². The Morgan fingerprint density at radius 3 is 2.06 bits per heavy atom. The Hall–Kier alpha value is -1.35. The minimum Gasteiger partial charge on any atom is -0.542 e. The molecule has 1 aromatic carbocycles. The van der Waals surface area contributed by atoms with E-state index < -0.39 is 16.6 Å². The van der Waals surface area contributed by atoms with Gasteiger partial charge in [0.1, 0.15) is 5.75 Å². The molecular formula is C27H49NO3Si2. The van der Waals surface area contributed by atoms with Gasteiger partial charge in [-0.3, -0.25) is 0 Å². The summed E-state index contributed by atoms with van der Waals surface area (Å²) in [7, 11) is 2.27. The third-order valence-electron chi connectivity index (χ3n) is 4.94. The molecule has 6 heteroatoms. The summed E-state index contributed by atoms with van der Waals surface area (Å²) in [6, 6.07) is 2.26. The van der Waals surface area contributed by atoms with Crippen molar-refractivity contribution < 1.29 is 13.6 Å². The Bertz CT molecular complexity index is 842. The molecule has 1 rings (SSSR count). The van der Waals surface area contributed by atoms with E-state index in [0.717, 1.165) is 42.0 Å². The summed E-state index contributed by atoms with van der Waals surface area (Å²) in [5.41, 5.74) is 6.15. The van der Waals surface area contributed by atoms with Crippen molar-refractivity contribution in [3.8, 4) is 11.5 Å². The number of hydrogen-bond donors (Lipinski definition) is 0. The van der Waals surface area contributed by atoms with Crippen LogP contribution in [0, 0.1) is 6.92 Å². The molecule has 0 aliphatic heterocycles. The van der Waals surface area contributed by atoms with Gasteiger partial charge in [0.25, 0.3) is 0 Å². The fourth-order valence-corrected chi connectivity index (χ4v) is 5.57. The summed E-state index contributed by atoms with van der Waals surface area (Å²) in [4.78, 5) is 2.20. The fraction of sp³-hybridized carbons (Fsp3) is 0.630. The lowest BCUT2D eigenvalue weighted by Gasteiger charge is -2.31. The van der Waals surface area contributed by atoms with E-state index >= 15 is 0 Å². The minimum atomic E-state index is -1.85. The van der Waals surface area contributed by atoms with Crippen molar-refractivity contribution in [1.82, 2.24) is 4.90 Å².